The summed E-state index contributed by atoms with van der Waals surface area (Å²) in [6.45, 7) is 7.30. The average molecular weight is 383 g/mol. The van der Waals surface area contributed by atoms with Gasteiger partial charge in [-0.15, -0.1) is 0 Å². The molecule has 1 aromatic rings. The molecule has 2 rings (SSSR count). The molecule has 7 heteroatoms. The molecule has 1 aromatic carbocycles. The van der Waals surface area contributed by atoms with Crippen molar-refractivity contribution in [2.24, 2.45) is 11.3 Å². The Bertz CT molecular complexity index is 649. The summed E-state index contributed by atoms with van der Waals surface area (Å²) in [5.74, 6) is -0.425. The maximum atomic E-state index is 11.4. The van der Waals surface area contributed by atoms with Gasteiger partial charge in [0.05, 0.1) is 11.6 Å². The van der Waals surface area contributed by atoms with Gasteiger partial charge in [0.25, 0.3) is 0 Å². The summed E-state index contributed by atoms with van der Waals surface area (Å²) in [6, 6.07) is 6.76. The Hall–Kier alpha value is -1.63. The van der Waals surface area contributed by atoms with Gasteiger partial charge in [-0.05, 0) is 24.1 Å². The van der Waals surface area contributed by atoms with E-state index in [1.165, 1.54) is 0 Å². The Kier molecular flexibility index (Phi) is 6.32. The minimum atomic E-state index is -1.14. The summed E-state index contributed by atoms with van der Waals surface area (Å²) in [5.41, 5.74) is -0.634. The number of benzene rings is 1. The summed E-state index contributed by atoms with van der Waals surface area (Å²) in [6.07, 6.45) is 0.133. The Morgan fingerprint density at radius 3 is 2.50 bits per heavy atom. The molecule has 0 saturated carbocycles. The first kappa shape index (κ1) is 20.7. The topological polar surface area (TPSA) is 89.9 Å². The van der Waals surface area contributed by atoms with Crippen molar-refractivity contribution in [3.8, 4) is 0 Å². The number of hydrogen-bond donors (Lipinski definition) is 3. The summed E-state index contributed by atoms with van der Waals surface area (Å²) >= 11 is 5.96. The second-order valence-electron chi connectivity index (χ2n) is 7.79. The molecule has 0 radical (unpaired) electrons. The van der Waals surface area contributed by atoms with Gasteiger partial charge in [0.15, 0.2) is 0 Å². The van der Waals surface area contributed by atoms with E-state index >= 15 is 0 Å². The molecule has 1 heterocycles. The Morgan fingerprint density at radius 2 is 2.00 bits per heavy atom. The summed E-state index contributed by atoms with van der Waals surface area (Å²) in [7, 11) is 0. The monoisotopic (exact) mass is 382 g/mol. The van der Waals surface area contributed by atoms with Crippen molar-refractivity contribution in [3.05, 3.63) is 34.9 Å². The number of rotatable bonds is 6. The van der Waals surface area contributed by atoms with E-state index in [0.29, 0.717) is 31.1 Å². The molecule has 6 nitrogen and oxygen atoms in total. The average Bonchev–Trinajstić information content (AvgIpc) is 2.56. The van der Waals surface area contributed by atoms with Crippen LogP contribution in [-0.4, -0.2) is 53.2 Å². The van der Waals surface area contributed by atoms with E-state index in [9.17, 15) is 14.7 Å². The van der Waals surface area contributed by atoms with E-state index in [1.54, 1.807) is 19.1 Å². The molecule has 1 saturated heterocycles. The largest absolute Gasteiger partial charge is 0.465 e. The van der Waals surface area contributed by atoms with Crippen LogP contribution in [-0.2, 0) is 10.4 Å². The van der Waals surface area contributed by atoms with Gasteiger partial charge in [0, 0.05) is 36.0 Å². The van der Waals surface area contributed by atoms with Gasteiger partial charge in [-0.1, -0.05) is 44.5 Å². The third kappa shape index (κ3) is 4.37. The second-order valence-corrected chi connectivity index (χ2v) is 8.22. The van der Waals surface area contributed by atoms with Crippen LogP contribution in [0.4, 0.5) is 4.79 Å². The van der Waals surface area contributed by atoms with Crippen LogP contribution >= 0.6 is 11.6 Å². The molecule has 1 fully saturated rings. The number of carboxylic acid groups (broad SMARTS) is 1. The van der Waals surface area contributed by atoms with Crippen LogP contribution < -0.4 is 5.32 Å². The van der Waals surface area contributed by atoms with Crippen LogP contribution in [0.3, 0.4) is 0 Å². The fraction of sp³-hybridized carbons (Fsp3) is 0.579. The van der Waals surface area contributed by atoms with Gasteiger partial charge in [0.1, 0.15) is 6.29 Å². The molecule has 0 spiro atoms. The highest BCUT2D eigenvalue weighted by Gasteiger charge is 2.48. The second kappa shape index (κ2) is 7.94. The predicted molar refractivity (Wildman–Crippen MR) is 100 cm³/mol. The Labute approximate surface area is 159 Å². The molecule has 1 aliphatic rings. The minimum Gasteiger partial charge on any atom is -0.465 e. The van der Waals surface area contributed by atoms with Crippen molar-refractivity contribution in [2.45, 2.75) is 38.8 Å². The van der Waals surface area contributed by atoms with Crippen molar-refractivity contribution < 1.29 is 19.8 Å². The summed E-state index contributed by atoms with van der Waals surface area (Å²) in [5, 5.41) is 23.5. The van der Waals surface area contributed by atoms with E-state index in [1.807, 2.05) is 26.0 Å². The molecule has 2 unspecified atom stereocenters. The number of nitrogens with zero attached hydrogens (tertiary/aromatic N) is 1. The van der Waals surface area contributed by atoms with Crippen LogP contribution in [0.2, 0.25) is 5.02 Å². The fourth-order valence-corrected chi connectivity index (χ4v) is 3.84. The molecular formula is C19H27ClN2O4. The Morgan fingerprint density at radius 1 is 1.38 bits per heavy atom. The van der Waals surface area contributed by atoms with Gasteiger partial charge >= 0.3 is 6.09 Å². The molecule has 144 valence electrons. The normalized spacial score (nSPS) is 25.3. The predicted octanol–water partition coefficient (Wildman–Crippen LogP) is 2.73. The lowest BCUT2D eigenvalue weighted by atomic mass is 9.66. The number of hydrogen-bond acceptors (Lipinski definition) is 4. The smallest absolute Gasteiger partial charge is 0.404 e. The Balaban J connectivity index is 2.15. The maximum absolute atomic E-state index is 11.4. The van der Waals surface area contributed by atoms with Gasteiger partial charge in [0.2, 0.25) is 0 Å². The van der Waals surface area contributed by atoms with Gasteiger partial charge in [-0.2, -0.15) is 0 Å². The van der Waals surface area contributed by atoms with Crippen molar-refractivity contribution >= 4 is 24.0 Å². The van der Waals surface area contributed by atoms with E-state index in [2.05, 4.69) is 10.2 Å². The molecule has 0 aromatic heterocycles. The number of likely N-dealkylation sites (tertiary alicyclic amines) is 1. The van der Waals surface area contributed by atoms with Crippen LogP contribution in [0.15, 0.2) is 24.3 Å². The van der Waals surface area contributed by atoms with Gasteiger partial charge in [-0.25, -0.2) is 4.79 Å². The third-order valence-corrected chi connectivity index (χ3v) is 5.72. The number of halogens is 1. The molecular weight excluding hydrogens is 356 g/mol. The molecule has 0 bridgehead atoms. The van der Waals surface area contributed by atoms with Crippen LogP contribution in [0.25, 0.3) is 0 Å². The number of piperidine rings is 1. The highest BCUT2D eigenvalue weighted by molar-refractivity contribution is 6.30. The lowest BCUT2D eigenvalue weighted by Crippen LogP contribution is -2.58. The molecule has 1 amide bonds. The number of aliphatic hydroxyl groups is 1. The first-order valence-corrected chi connectivity index (χ1v) is 9.12. The standard InChI is InChI=1S/C19H27ClN2O4/c1-13(11-23)16(21-17(24)25)10-22-9-8-19(26,18(2,3)12-22)14-4-6-15(20)7-5-14/h4-7,11,13,16,21,26H,8-10,12H2,1-3H3,(H,24,25)/t13?,16?,19-/m0/s1. The zero-order valence-corrected chi connectivity index (χ0v) is 16.2. The van der Waals surface area contributed by atoms with E-state index in [4.69, 9.17) is 16.7 Å². The van der Waals surface area contributed by atoms with E-state index in [-0.39, 0.29) is 0 Å². The number of nitrogens with one attached hydrogen (secondary N) is 1. The molecule has 1 aliphatic heterocycles. The number of carbonyl (C=O) groups is 2. The van der Waals surface area contributed by atoms with Crippen molar-refractivity contribution in [1.82, 2.24) is 10.2 Å². The number of carbonyl (C=O) groups excluding carboxylic acids is 1. The zero-order chi connectivity index (χ0) is 19.5. The first-order valence-electron chi connectivity index (χ1n) is 8.74. The lowest BCUT2D eigenvalue weighted by Gasteiger charge is -2.51. The van der Waals surface area contributed by atoms with E-state index < -0.39 is 29.1 Å². The van der Waals surface area contributed by atoms with E-state index in [0.717, 1.165) is 11.8 Å². The minimum absolute atomic E-state index is 0.423. The van der Waals surface area contributed by atoms with Crippen LogP contribution in [0.5, 0.6) is 0 Å². The SMILES string of the molecule is CC(C=O)C(CN1CC[C@](O)(c2ccc(Cl)cc2)C(C)(C)C1)NC(=O)O. The zero-order valence-electron chi connectivity index (χ0n) is 15.4. The van der Waals surface area contributed by atoms with Crippen molar-refractivity contribution in [2.75, 3.05) is 19.6 Å². The highest BCUT2D eigenvalue weighted by Crippen LogP contribution is 2.46. The summed E-state index contributed by atoms with van der Waals surface area (Å²) < 4.78 is 0. The van der Waals surface area contributed by atoms with Crippen LogP contribution in [0, 0.1) is 11.3 Å². The van der Waals surface area contributed by atoms with Crippen LogP contribution in [0.1, 0.15) is 32.8 Å². The first-order chi connectivity index (χ1) is 12.1. The summed E-state index contributed by atoms with van der Waals surface area (Å²) in [4.78, 5) is 24.2. The van der Waals surface area contributed by atoms with Crippen molar-refractivity contribution in [1.29, 1.82) is 0 Å². The maximum Gasteiger partial charge on any atom is 0.404 e. The van der Waals surface area contributed by atoms with Gasteiger partial charge in [-0.3, -0.25) is 0 Å². The quantitative estimate of drug-likeness (QED) is 0.658. The third-order valence-electron chi connectivity index (χ3n) is 5.46. The van der Waals surface area contributed by atoms with Gasteiger partial charge < -0.3 is 25.2 Å². The molecule has 0 aliphatic carbocycles. The lowest BCUT2D eigenvalue weighted by molar-refractivity contribution is -0.127. The number of amides is 1. The molecule has 3 atom stereocenters. The number of aldehydes is 1. The fourth-order valence-electron chi connectivity index (χ4n) is 3.72. The molecule has 26 heavy (non-hydrogen) atoms. The highest BCUT2D eigenvalue weighted by atomic mass is 35.5. The van der Waals surface area contributed by atoms with Crippen molar-refractivity contribution in [3.63, 3.8) is 0 Å². The molecule has 3 N–H and O–H groups in total.